The van der Waals surface area contributed by atoms with Crippen molar-refractivity contribution in [3.63, 3.8) is 0 Å². The number of rotatable bonds is 5. The zero-order valence-corrected chi connectivity index (χ0v) is 16.9. The highest BCUT2D eigenvalue weighted by Gasteiger charge is 2.09. The van der Waals surface area contributed by atoms with Gasteiger partial charge >= 0.3 is 0 Å². The number of carbonyl (C=O) groups excluding carboxylic acids is 1. The molecule has 0 unspecified atom stereocenters. The Balaban J connectivity index is 1.50. The lowest BCUT2D eigenvalue weighted by Gasteiger charge is -2.12. The van der Waals surface area contributed by atoms with E-state index in [0.717, 1.165) is 5.56 Å². The minimum atomic E-state index is -0.245. The van der Waals surface area contributed by atoms with Gasteiger partial charge < -0.3 is 10.1 Å². The fourth-order valence-electron chi connectivity index (χ4n) is 2.97. The number of fused-ring (bicyclic) bond motifs is 1. The SMILES string of the molecule is Cc1ccc(NC(=O)c2ccc(Cl)cc2)cc1OCc1cc(=O)n2ccccc2n1. The molecule has 1 N–H and O–H groups in total. The number of amides is 1. The molecule has 0 radical (unpaired) electrons. The summed E-state index contributed by atoms with van der Waals surface area (Å²) < 4.78 is 7.36. The van der Waals surface area contributed by atoms with Crippen LogP contribution in [-0.2, 0) is 6.61 Å². The van der Waals surface area contributed by atoms with Crippen molar-refractivity contribution in [2.45, 2.75) is 13.5 Å². The van der Waals surface area contributed by atoms with Gasteiger partial charge in [0.25, 0.3) is 11.5 Å². The number of carbonyl (C=O) groups is 1. The molecule has 0 spiro atoms. The number of anilines is 1. The van der Waals surface area contributed by atoms with Crippen molar-refractivity contribution in [1.29, 1.82) is 0 Å². The number of hydrogen-bond acceptors (Lipinski definition) is 4. The second-order valence-electron chi connectivity index (χ2n) is 6.74. The molecule has 2 aromatic carbocycles. The molecule has 150 valence electrons. The zero-order chi connectivity index (χ0) is 21.1. The minimum Gasteiger partial charge on any atom is -0.487 e. The maximum Gasteiger partial charge on any atom is 0.258 e. The molecule has 0 bridgehead atoms. The summed E-state index contributed by atoms with van der Waals surface area (Å²) in [6, 6.07) is 18.9. The van der Waals surface area contributed by atoms with E-state index in [9.17, 15) is 9.59 Å². The smallest absolute Gasteiger partial charge is 0.258 e. The van der Waals surface area contributed by atoms with E-state index in [1.165, 1.54) is 10.5 Å². The van der Waals surface area contributed by atoms with Gasteiger partial charge in [0, 0.05) is 34.6 Å². The second-order valence-corrected chi connectivity index (χ2v) is 7.18. The van der Waals surface area contributed by atoms with Crippen molar-refractivity contribution in [2.75, 3.05) is 5.32 Å². The molecule has 4 aromatic rings. The van der Waals surface area contributed by atoms with E-state index in [4.69, 9.17) is 16.3 Å². The van der Waals surface area contributed by atoms with E-state index in [2.05, 4.69) is 10.3 Å². The largest absolute Gasteiger partial charge is 0.487 e. The summed E-state index contributed by atoms with van der Waals surface area (Å²) in [6.45, 7) is 2.04. The Bertz CT molecular complexity index is 1280. The number of aromatic nitrogens is 2. The van der Waals surface area contributed by atoms with E-state index in [0.29, 0.717) is 33.4 Å². The quantitative estimate of drug-likeness (QED) is 0.517. The van der Waals surface area contributed by atoms with Crippen LogP contribution in [-0.4, -0.2) is 15.3 Å². The number of ether oxygens (including phenoxy) is 1. The first-order valence-corrected chi connectivity index (χ1v) is 9.65. The van der Waals surface area contributed by atoms with Gasteiger partial charge in [0.05, 0.1) is 5.69 Å². The van der Waals surface area contributed by atoms with Gasteiger partial charge in [-0.25, -0.2) is 4.98 Å². The lowest BCUT2D eigenvalue weighted by molar-refractivity contribution is 0.102. The summed E-state index contributed by atoms with van der Waals surface area (Å²) in [4.78, 5) is 29.1. The van der Waals surface area contributed by atoms with E-state index >= 15 is 0 Å². The first kappa shape index (κ1) is 19.7. The van der Waals surface area contributed by atoms with Crippen LogP contribution in [0.15, 0.2) is 77.7 Å². The molecular formula is C23H18ClN3O3. The molecule has 2 aromatic heterocycles. The number of aryl methyl sites for hydroxylation is 1. The zero-order valence-electron chi connectivity index (χ0n) is 16.1. The van der Waals surface area contributed by atoms with Crippen LogP contribution in [0.3, 0.4) is 0 Å². The molecule has 0 saturated carbocycles. The Morgan fingerprint density at radius 3 is 2.70 bits per heavy atom. The number of nitrogens with zero attached hydrogens (tertiary/aromatic N) is 2. The monoisotopic (exact) mass is 419 g/mol. The van der Waals surface area contributed by atoms with Gasteiger partial charge in [0.1, 0.15) is 18.0 Å². The van der Waals surface area contributed by atoms with Gasteiger partial charge in [-0.1, -0.05) is 23.7 Å². The van der Waals surface area contributed by atoms with Crippen LogP contribution < -0.4 is 15.6 Å². The number of pyridine rings is 1. The van der Waals surface area contributed by atoms with Crippen LogP contribution in [0.5, 0.6) is 5.75 Å². The van der Waals surface area contributed by atoms with Crippen molar-refractivity contribution in [3.8, 4) is 5.75 Å². The standard InChI is InChI=1S/C23H18ClN3O3/c1-15-5-10-18(26-23(29)16-6-8-17(24)9-7-16)12-20(15)30-14-19-13-22(28)27-11-3-2-4-21(27)25-19/h2-13H,14H2,1H3,(H,26,29). The number of benzene rings is 2. The van der Waals surface area contributed by atoms with Crippen LogP contribution >= 0.6 is 11.6 Å². The van der Waals surface area contributed by atoms with Gasteiger partial charge in [-0.2, -0.15) is 0 Å². The second kappa shape index (κ2) is 8.39. The van der Waals surface area contributed by atoms with Crippen molar-refractivity contribution in [1.82, 2.24) is 9.38 Å². The topological polar surface area (TPSA) is 72.7 Å². The van der Waals surface area contributed by atoms with E-state index in [1.807, 2.05) is 19.1 Å². The Morgan fingerprint density at radius 1 is 1.10 bits per heavy atom. The minimum absolute atomic E-state index is 0.135. The predicted molar refractivity (Wildman–Crippen MR) is 116 cm³/mol. The van der Waals surface area contributed by atoms with Crippen LogP contribution in [0.25, 0.3) is 5.65 Å². The molecule has 0 saturated heterocycles. The van der Waals surface area contributed by atoms with Crippen molar-refractivity contribution >= 4 is 28.8 Å². The van der Waals surface area contributed by atoms with Gasteiger partial charge in [0.2, 0.25) is 0 Å². The summed E-state index contributed by atoms with van der Waals surface area (Å²) in [7, 11) is 0. The summed E-state index contributed by atoms with van der Waals surface area (Å²) in [5.74, 6) is 0.352. The van der Waals surface area contributed by atoms with Gasteiger partial charge in [-0.3, -0.25) is 14.0 Å². The third kappa shape index (κ3) is 4.34. The molecule has 1 amide bonds. The Kier molecular flexibility index (Phi) is 5.50. The van der Waals surface area contributed by atoms with E-state index in [-0.39, 0.29) is 18.1 Å². The lowest BCUT2D eigenvalue weighted by atomic mass is 10.1. The normalized spacial score (nSPS) is 10.7. The lowest BCUT2D eigenvalue weighted by Crippen LogP contribution is -2.16. The van der Waals surface area contributed by atoms with Crippen LogP contribution in [0.4, 0.5) is 5.69 Å². The Labute approximate surface area is 177 Å². The van der Waals surface area contributed by atoms with Crippen LogP contribution in [0.1, 0.15) is 21.6 Å². The maximum atomic E-state index is 12.4. The predicted octanol–water partition coefficient (Wildman–Crippen LogP) is 4.49. The Hall–Kier alpha value is -3.64. The van der Waals surface area contributed by atoms with E-state index in [1.54, 1.807) is 54.7 Å². The molecule has 0 fully saturated rings. The number of halogens is 1. The van der Waals surface area contributed by atoms with Crippen LogP contribution in [0, 0.1) is 6.92 Å². The summed E-state index contributed by atoms with van der Waals surface area (Å²) in [5, 5.41) is 3.41. The van der Waals surface area contributed by atoms with Gasteiger partial charge in [-0.15, -0.1) is 0 Å². The fraction of sp³-hybridized carbons (Fsp3) is 0.0870. The number of hydrogen-bond donors (Lipinski definition) is 1. The Morgan fingerprint density at radius 2 is 1.90 bits per heavy atom. The highest BCUT2D eigenvalue weighted by molar-refractivity contribution is 6.30. The molecule has 30 heavy (non-hydrogen) atoms. The number of nitrogens with one attached hydrogen (secondary N) is 1. The first-order chi connectivity index (χ1) is 14.5. The highest BCUT2D eigenvalue weighted by Crippen LogP contribution is 2.24. The summed E-state index contributed by atoms with van der Waals surface area (Å²) in [5.41, 5.74) is 2.92. The third-order valence-electron chi connectivity index (χ3n) is 4.55. The molecule has 0 atom stereocenters. The average Bonchev–Trinajstić information content (AvgIpc) is 2.74. The van der Waals surface area contributed by atoms with Crippen molar-refractivity contribution in [2.24, 2.45) is 0 Å². The fourth-order valence-corrected chi connectivity index (χ4v) is 3.09. The average molecular weight is 420 g/mol. The summed E-state index contributed by atoms with van der Waals surface area (Å²) >= 11 is 5.87. The molecule has 4 rings (SSSR count). The molecular weight excluding hydrogens is 402 g/mol. The molecule has 0 aliphatic heterocycles. The maximum absolute atomic E-state index is 12.4. The van der Waals surface area contributed by atoms with Crippen LogP contribution in [0.2, 0.25) is 5.02 Å². The van der Waals surface area contributed by atoms with Crippen molar-refractivity contribution < 1.29 is 9.53 Å². The molecule has 6 nitrogen and oxygen atoms in total. The molecule has 0 aliphatic carbocycles. The molecule has 7 heteroatoms. The highest BCUT2D eigenvalue weighted by atomic mass is 35.5. The van der Waals surface area contributed by atoms with Gasteiger partial charge in [-0.05, 0) is 55.0 Å². The van der Waals surface area contributed by atoms with E-state index < -0.39 is 0 Å². The molecule has 0 aliphatic rings. The summed E-state index contributed by atoms with van der Waals surface area (Å²) in [6.07, 6.45) is 1.67. The van der Waals surface area contributed by atoms with Crippen molar-refractivity contribution in [3.05, 3.63) is 105 Å². The first-order valence-electron chi connectivity index (χ1n) is 9.27. The molecule has 2 heterocycles. The van der Waals surface area contributed by atoms with Gasteiger partial charge in [0.15, 0.2) is 0 Å². The third-order valence-corrected chi connectivity index (χ3v) is 4.80.